The summed E-state index contributed by atoms with van der Waals surface area (Å²) in [5.74, 6) is -0.679. The molecule has 1 aromatic heterocycles. The van der Waals surface area contributed by atoms with E-state index >= 15 is 0 Å². The van der Waals surface area contributed by atoms with Crippen molar-refractivity contribution in [1.82, 2.24) is 10.3 Å². The summed E-state index contributed by atoms with van der Waals surface area (Å²) >= 11 is 0.432. The highest BCUT2D eigenvalue weighted by Crippen LogP contribution is 2.33. The van der Waals surface area contributed by atoms with E-state index in [-0.39, 0.29) is 23.2 Å². The van der Waals surface area contributed by atoms with Crippen LogP contribution in [0.2, 0.25) is 0 Å². The molecule has 25 heavy (non-hydrogen) atoms. The van der Waals surface area contributed by atoms with Crippen LogP contribution in [0.1, 0.15) is 20.2 Å². The van der Waals surface area contributed by atoms with E-state index in [1.165, 1.54) is 17.0 Å². The summed E-state index contributed by atoms with van der Waals surface area (Å²) in [5, 5.41) is 2.73. The minimum atomic E-state index is -4.46. The number of nitrogens with zero attached hydrogens (tertiary/aromatic N) is 2. The van der Waals surface area contributed by atoms with Gasteiger partial charge in [-0.2, -0.15) is 13.2 Å². The molecular weight excluding hydrogens is 359 g/mol. The Morgan fingerprint density at radius 2 is 2.04 bits per heavy atom. The van der Waals surface area contributed by atoms with Gasteiger partial charge in [0, 0.05) is 18.8 Å². The molecule has 0 atom stereocenters. The molecule has 0 unspecified atom stereocenters. The van der Waals surface area contributed by atoms with Crippen LogP contribution < -0.4 is 10.2 Å². The predicted molar refractivity (Wildman–Crippen MR) is 83.4 cm³/mol. The minimum Gasteiger partial charge on any atom is -0.455 e. The van der Waals surface area contributed by atoms with Gasteiger partial charge in [-0.05, 0) is 24.3 Å². The topological polar surface area (TPSA) is 71.5 Å². The maximum Gasteiger partial charge on any atom is 0.427 e. The number of alkyl halides is 3. The van der Waals surface area contributed by atoms with Crippen LogP contribution in [0.25, 0.3) is 0 Å². The van der Waals surface area contributed by atoms with Gasteiger partial charge in [0.15, 0.2) is 0 Å². The average Bonchev–Trinajstić information content (AvgIpc) is 3.21. The Morgan fingerprint density at radius 3 is 2.60 bits per heavy atom. The molecule has 0 saturated carbocycles. The molecule has 1 saturated heterocycles. The van der Waals surface area contributed by atoms with E-state index in [4.69, 9.17) is 4.74 Å². The molecule has 132 valence electrons. The fourth-order valence-electron chi connectivity index (χ4n) is 2.21. The van der Waals surface area contributed by atoms with Crippen molar-refractivity contribution in [2.75, 3.05) is 18.0 Å². The van der Waals surface area contributed by atoms with Crippen LogP contribution in [0.3, 0.4) is 0 Å². The Kier molecular flexibility index (Phi) is 4.62. The van der Waals surface area contributed by atoms with Crippen molar-refractivity contribution in [2.45, 2.75) is 12.8 Å². The van der Waals surface area contributed by atoms with Crippen molar-refractivity contribution in [1.29, 1.82) is 0 Å². The Hall–Kier alpha value is -2.62. The maximum absolute atomic E-state index is 12.5. The number of rotatable bonds is 4. The molecule has 0 spiro atoms. The lowest BCUT2D eigenvalue weighted by Gasteiger charge is -2.14. The van der Waals surface area contributed by atoms with Crippen LogP contribution in [-0.2, 0) is 17.5 Å². The number of urea groups is 1. The van der Waals surface area contributed by atoms with Crippen molar-refractivity contribution < 1.29 is 27.5 Å². The number of benzene rings is 1. The molecule has 2 heterocycles. The number of hydrogen-bond donors (Lipinski definition) is 1. The largest absolute Gasteiger partial charge is 0.455 e. The predicted octanol–water partition coefficient (Wildman–Crippen LogP) is 3.05. The number of amides is 2. The number of ether oxygens (including phenoxy) is 1. The van der Waals surface area contributed by atoms with Gasteiger partial charge < -0.3 is 10.1 Å². The van der Waals surface area contributed by atoms with Gasteiger partial charge in [-0.25, -0.2) is 14.6 Å². The van der Waals surface area contributed by atoms with E-state index in [9.17, 15) is 22.8 Å². The minimum absolute atomic E-state index is 0.0611. The van der Waals surface area contributed by atoms with Gasteiger partial charge in [-0.1, -0.05) is 0 Å². The van der Waals surface area contributed by atoms with Crippen molar-refractivity contribution in [2.24, 2.45) is 0 Å². The molecule has 1 fully saturated rings. The molecule has 0 radical (unpaired) electrons. The monoisotopic (exact) mass is 371 g/mol. The highest BCUT2D eigenvalue weighted by atomic mass is 32.1. The van der Waals surface area contributed by atoms with Crippen molar-refractivity contribution in [3.8, 4) is 0 Å². The van der Waals surface area contributed by atoms with Crippen LogP contribution >= 0.6 is 11.3 Å². The number of carbonyl (C=O) groups excluding carboxylic acids is 2. The number of halogens is 3. The Bertz CT molecular complexity index is 789. The molecule has 0 bridgehead atoms. The molecule has 10 heteroatoms. The van der Waals surface area contributed by atoms with Crippen LogP contribution in [-0.4, -0.2) is 30.1 Å². The van der Waals surface area contributed by atoms with Crippen molar-refractivity contribution in [3.63, 3.8) is 0 Å². The normalized spacial score (nSPS) is 14.5. The third-order valence-corrected chi connectivity index (χ3v) is 4.45. The van der Waals surface area contributed by atoms with Crippen LogP contribution in [0.4, 0.5) is 23.7 Å². The first kappa shape index (κ1) is 17.2. The summed E-state index contributed by atoms with van der Waals surface area (Å²) < 4.78 is 42.4. The molecule has 1 aliphatic rings. The zero-order valence-corrected chi connectivity index (χ0v) is 13.5. The first-order valence-electron chi connectivity index (χ1n) is 7.19. The number of nitrogens with one attached hydrogen (secondary N) is 1. The summed E-state index contributed by atoms with van der Waals surface area (Å²) in [5.41, 5.74) is 0.872. The second kappa shape index (κ2) is 6.71. The molecule has 3 rings (SSSR count). The smallest absolute Gasteiger partial charge is 0.427 e. The maximum atomic E-state index is 12.5. The van der Waals surface area contributed by atoms with Gasteiger partial charge >= 0.3 is 18.2 Å². The number of thiazole rings is 1. The number of hydrogen-bond acceptors (Lipinski definition) is 5. The summed E-state index contributed by atoms with van der Waals surface area (Å²) in [6.45, 7) is 0.750. The van der Waals surface area contributed by atoms with Crippen LogP contribution in [0, 0.1) is 0 Å². The third-order valence-electron chi connectivity index (χ3n) is 3.43. The summed E-state index contributed by atoms with van der Waals surface area (Å²) in [6.07, 6.45) is -3.75. The first-order chi connectivity index (χ1) is 11.8. The van der Waals surface area contributed by atoms with E-state index in [0.29, 0.717) is 36.3 Å². The van der Waals surface area contributed by atoms with E-state index < -0.39 is 17.0 Å². The zero-order valence-electron chi connectivity index (χ0n) is 12.7. The fourth-order valence-corrected chi connectivity index (χ4v) is 2.91. The summed E-state index contributed by atoms with van der Waals surface area (Å²) in [7, 11) is 0. The molecule has 1 N–H and O–H groups in total. The lowest BCUT2D eigenvalue weighted by Crippen LogP contribution is -2.27. The fraction of sp³-hybridized carbons (Fsp3) is 0.267. The Morgan fingerprint density at radius 1 is 1.32 bits per heavy atom. The van der Waals surface area contributed by atoms with Crippen molar-refractivity contribution in [3.05, 3.63) is 45.9 Å². The second-order valence-corrected chi connectivity index (χ2v) is 6.24. The standard InChI is InChI=1S/C15H12F3N3O3S/c16-15(17,18)11-7-20-12(25-11)8-24-13(22)9-1-3-10(4-2-9)21-6-5-19-14(21)23/h1-4,7H,5-6,8H2,(H,19,23). The van der Waals surface area contributed by atoms with Gasteiger partial charge in [0.25, 0.3) is 0 Å². The lowest BCUT2D eigenvalue weighted by molar-refractivity contribution is -0.134. The number of anilines is 1. The highest BCUT2D eigenvalue weighted by Gasteiger charge is 2.33. The van der Waals surface area contributed by atoms with E-state index in [1.54, 1.807) is 12.1 Å². The third kappa shape index (κ3) is 3.90. The van der Waals surface area contributed by atoms with Gasteiger partial charge in [0.2, 0.25) is 0 Å². The Balaban J connectivity index is 1.60. The van der Waals surface area contributed by atoms with Crippen LogP contribution in [0.15, 0.2) is 30.5 Å². The number of esters is 1. The van der Waals surface area contributed by atoms with Crippen LogP contribution in [0.5, 0.6) is 0 Å². The summed E-state index contributed by atoms with van der Waals surface area (Å²) in [6, 6.07) is 5.98. The average molecular weight is 371 g/mol. The second-order valence-electron chi connectivity index (χ2n) is 5.12. The number of aromatic nitrogens is 1. The zero-order chi connectivity index (χ0) is 18.0. The van der Waals surface area contributed by atoms with Crippen molar-refractivity contribution >= 4 is 29.0 Å². The number of carbonyl (C=O) groups is 2. The van der Waals surface area contributed by atoms with Gasteiger partial charge in [0.1, 0.15) is 16.5 Å². The van der Waals surface area contributed by atoms with E-state index in [1.807, 2.05) is 0 Å². The lowest BCUT2D eigenvalue weighted by atomic mass is 10.2. The highest BCUT2D eigenvalue weighted by molar-refractivity contribution is 7.11. The molecular formula is C15H12F3N3O3S. The molecule has 0 aliphatic carbocycles. The van der Waals surface area contributed by atoms with E-state index in [2.05, 4.69) is 10.3 Å². The van der Waals surface area contributed by atoms with E-state index in [0.717, 1.165) is 0 Å². The molecule has 2 amide bonds. The Labute approximate surface area is 144 Å². The first-order valence-corrected chi connectivity index (χ1v) is 8.01. The molecule has 6 nitrogen and oxygen atoms in total. The van der Waals surface area contributed by atoms with Gasteiger partial charge in [-0.15, -0.1) is 11.3 Å². The molecule has 1 aromatic carbocycles. The van der Waals surface area contributed by atoms with Gasteiger partial charge in [-0.3, -0.25) is 4.90 Å². The SMILES string of the molecule is O=C(OCc1ncc(C(F)(F)F)s1)c1ccc(N2CCNC2=O)cc1. The molecule has 2 aromatic rings. The quantitative estimate of drug-likeness (QED) is 0.839. The molecule has 1 aliphatic heterocycles. The summed E-state index contributed by atoms with van der Waals surface area (Å²) in [4.78, 5) is 27.8. The van der Waals surface area contributed by atoms with Gasteiger partial charge in [0.05, 0.1) is 11.8 Å².